The Balaban J connectivity index is 3.31. The van der Waals surface area contributed by atoms with E-state index < -0.39 is 0 Å². The summed E-state index contributed by atoms with van der Waals surface area (Å²) in [6.45, 7) is 4.91. The van der Waals surface area contributed by atoms with Crippen molar-refractivity contribution in [2.75, 3.05) is 6.61 Å². The van der Waals surface area contributed by atoms with Gasteiger partial charge in [0.1, 0.15) is 0 Å². The lowest BCUT2D eigenvalue weighted by Crippen LogP contribution is -2.03. The van der Waals surface area contributed by atoms with Crippen molar-refractivity contribution in [2.45, 2.75) is 97.3 Å². The fourth-order valence-electron chi connectivity index (χ4n) is 2.68. The Bertz CT molecular complexity index is 145. The van der Waals surface area contributed by atoms with E-state index in [0.717, 1.165) is 12.3 Å². The van der Waals surface area contributed by atoms with E-state index in [4.69, 9.17) is 5.11 Å². The summed E-state index contributed by atoms with van der Waals surface area (Å²) in [7, 11) is 0. The summed E-state index contributed by atoms with van der Waals surface area (Å²) in [6, 6.07) is 0. The van der Waals surface area contributed by atoms with Crippen molar-refractivity contribution in [3.8, 4) is 0 Å². The minimum atomic E-state index is 0.380. The Kier molecular flexibility index (Phi) is 15.0. The fourth-order valence-corrected chi connectivity index (χ4v) is 2.68. The van der Waals surface area contributed by atoms with E-state index in [0.29, 0.717) is 6.61 Å². The Hall–Kier alpha value is -0.0400. The summed E-state index contributed by atoms with van der Waals surface area (Å²) < 4.78 is 0. The molecule has 110 valence electrons. The third-order valence-corrected chi connectivity index (χ3v) is 3.97. The van der Waals surface area contributed by atoms with E-state index in [2.05, 4.69) is 13.8 Å². The van der Waals surface area contributed by atoms with Gasteiger partial charge < -0.3 is 5.11 Å². The molecule has 1 unspecified atom stereocenters. The lowest BCUT2D eigenvalue weighted by molar-refractivity contribution is 0.242. The maximum absolute atomic E-state index is 9.06. The second-order valence-electron chi connectivity index (χ2n) is 5.78. The zero-order chi connectivity index (χ0) is 13.5. The predicted molar refractivity (Wildman–Crippen MR) is 81.9 cm³/mol. The SMILES string of the molecule is CCCCCCCCCCC(CCO)CCCC. The largest absolute Gasteiger partial charge is 0.396 e. The average molecular weight is 256 g/mol. The first kappa shape index (κ1) is 18.0. The van der Waals surface area contributed by atoms with Crippen LogP contribution in [0.3, 0.4) is 0 Å². The molecule has 0 saturated heterocycles. The highest BCUT2D eigenvalue weighted by Crippen LogP contribution is 2.20. The molecule has 0 spiro atoms. The molecule has 0 radical (unpaired) electrons. The normalized spacial score (nSPS) is 12.8. The molecular formula is C17H36O. The number of aliphatic hydroxyl groups excluding tert-OH is 1. The van der Waals surface area contributed by atoms with Gasteiger partial charge in [-0.25, -0.2) is 0 Å². The zero-order valence-electron chi connectivity index (χ0n) is 12.9. The Morgan fingerprint density at radius 2 is 1.11 bits per heavy atom. The van der Waals surface area contributed by atoms with E-state index in [1.165, 1.54) is 77.0 Å². The molecule has 0 bridgehead atoms. The fraction of sp³-hybridized carbons (Fsp3) is 1.00. The first-order valence-electron chi connectivity index (χ1n) is 8.46. The third kappa shape index (κ3) is 12.4. The summed E-state index contributed by atoms with van der Waals surface area (Å²) in [5, 5.41) is 9.06. The number of rotatable bonds is 14. The minimum absolute atomic E-state index is 0.380. The van der Waals surface area contributed by atoms with Crippen molar-refractivity contribution in [1.82, 2.24) is 0 Å². The molecule has 0 heterocycles. The molecule has 0 aromatic rings. The van der Waals surface area contributed by atoms with Crippen molar-refractivity contribution in [3.05, 3.63) is 0 Å². The van der Waals surface area contributed by atoms with Crippen LogP contribution in [0.2, 0.25) is 0 Å². The van der Waals surface area contributed by atoms with Gasteiger partial charge in [0.25, 0.3) is 0 Å². The summed E-state index contributed by atoms with van der Waals surface area (Å²) in [4.78, 5) is 0. The van der Waals surface area contributed by atoms with Crippen LogP contribution in [-0.2, 0) is 0 Å². The maximum atomic E-state index is 9.06. The first-order chi connectivity index (χ1) is 8.85. The van der Waals surface area contributed by atoms with Gasteiger partial charge in [0.15, 0.2) is 0 Å². The van der Waals surface area contributed by atoms with Crippen LogP contribution in [0.15, 0.2) is 0 Å². The topological polar surface area (TPSA) is 20.2 Å². The van der Waals surface area contributed by atoms with Gasteiger partial charge in [0.2, 0.25) is 0 Å². The molecule has 0 saturated carbocycles. The molecule has 0 amide bonds. The zero-order valence-corrected chi connectivity index (χ0v) is 12.9. The molecular weight excluding hydrogens is 220 g/mol. The molecule has 1 heteroatoms. The molecule has 0 aromatic heterocycles. The first-order valence-corrected chi connectivity index (χ1v) is 8.46. The molecule has 0 aliphatic heterocycles. The molecule has 0 aromatic carbocycles. The lowest BCUT2D eigenvalue weighted by Gasteiger charge is -2.15. The highest BCUT2D eigenvalue weighted by atomic mass is 16.3. The molecule has 1 atom stereocenters. The van der Waals surface area contributed by atoms with Gasteiger partial charge in [-0.1, -0.05) is 90.9 Å². The van der Waals surface area contributed by atoms with E-state index in [1.54, 1.807) is 0 Å². The monoisotopic (exact) mass is 256 g/mol. The van der Waals surface area contributed by atoms with Crippen molar-refractivity contribution in [3.63, 3.8) is 0 Å². The Morgan fingerprint density at radius 1 is 0.611 bits per heavy atom. The smallest absolute Gasteiger partial charge is 0.0433 e. The summed E-state index contributed by atoms with van der Waals surface area (Å²) in [6.07, 6.45) is 17.6. The van der Waals surface area contributed by atoms with Crippen LogP contribution in [0.25, 0.3) is 0 Å². The quantitative estimate of drug-likeness (QED) is 0.395. The van der Waals surface area contributed by atoms with Crippen LogP contribution in [0.1, 0.15) is 97.3 Å². The van der Waals surface area contributed by atoms with E-state index >= 15 is 0 Å². The molecule has 0 fully saturated rings. The third-order valence-electron chi connectivity index (χ3n) is 3.97. The van der Waals surface area contributed by atoms with E-state index in [-0.39, 0.29) is 0 Å². The highest BCUT2D eigenvalue weighted by molar-refractivity contribution is 4.60. The van der Waals surface area contributed by atoms with Crippen molar-refractivity contribution < 1.29 is 5.11 Å². The van der Waals surface area contributed by atoms with Gasteiger partial charge in [-0.15, -0.1) is 0 Å². The maximum Gasteiger partial charge on any atom is 0.0433 e. The number of unbranched alkanes of at least 4 members (excludes halogenated alkanes) is 8. The van der Waals surface area contributed by atoms with Crippen molar-refractivity contribution in [2.24, 2.45) is 5.92 Å². The van der Waals surface area contributed by atoms with Gasteiger partial charge in [0, 0.05) is 6.61 Å². The average Bonchev–Trinajstić information content (AvgIpc) is 2.39. The van der Waals surface area contributed by atoms with Gasteiger partial charge in [-0.05, 0) is 12.3 Å². The second kappa shape index (κ2) is 15.0. The van der Waals surface area contributed by atoms with Gasteiger partial charge in [-0.3, -0.25) is 0 Å². The van der Waals surface area contributed by atoms with E-state index in [1.807, 2.05) is 0 Å². The molecule has 1 N–H and O–H groups in total. The van der Waals surface area contributed by atoms with Crippen LogP contribution >= 0.6 is 0 Å². The lowest BCUT2D eigenvalue weighted by atomic mass is 9.92. The molecule has 1 nitrogen and oxygen atoms in total. The number of hydrogen-bond donors (Lipinski definition) is 1. The van der Waals surface area contributed by atoms with Crippen molar-refractivity contribution in [1.29, 1.82) is 0 Å². The van der Waals surface area contributed by atoms with Gasteiger partial charge >= 0.3 is 0 Å². The number of hydrogen-bond acceptors (Lipinski definition) is 1. The molecule has 0 aliphatic carbocycles. The Morgan fingerprint density at radius 3 is 1.67 bits per heavy atom. The van der Waals surface area contributed by atoms with Crippen LogP contribution in [0.4, 0.5) is 0 Å². The molecule has 18 heavy (non-hydrogen) atoms. The summed E-state index contributed by atoms with van der Waals surface area (Å²) in [5.41, 5.74) is 0. The second-order valence-corrected chi connectivity index (χ2v) is 5.78. The van der Waals surface area contributed by atoms with Crippen LogP contribution in [0.5, 0.6) is 0 Å². The standard InChI is InChI=1S/C17H36O/c1-3-5-7-8-9-10-11-12-14-17(15-16-18)13-6-4-2/h17-18H,3-16H2,1-2H3. The van der Waals surface area contributed by atoms with E-state index in [9.17, 15) is 0 Å². The van der Waals surface area contributed by atoms with Crippen molar-refractivity contribution >= 4 is 0 Å². The van der Waals surface area contributed by atoms with Crippen LogP contribution in [-0.4, -0.2) is 11.7 Å². The van der Waals surface area contributed by atoms with Crippen LogP contribution in [0, 0.1) is 5.92 Å². The molecule has 0 rings (SSSR count). The highest BCUT2D eigenvalue weighted by Gasteiger charge is 2.07. The summed E-state index contributed by atoms with van der Waals surface area (Å²) in [5.74, 6) is 0.787. The van der Waals surface area contributed by atoms with Gasteiger partial charge in [0.05, 0.1) is 0 Å². The summed E-state index contributed by atoms with van der Waals surface area (Å²) >= 11 is 0. The van der Waals surface area contributed by atoms with Gasteiger partial charge in [-0.2, -0.15) is 0 Å². The minimum Gasteiger partial charge on any atom is -0.396 e. The van der Waals surface area contributed by atoms with Crippen LogP contribution < -0.4 is 0 Å². The molecule has 0 aliphatic rings. The predicted octanol–water partition coefficient (Wildman–Crippen LogP) is 5.71. The Labute approximate surface area is 115 Å². The number of aliphatic hydroxyl groups is 1.